The molecule has 1 aliphatic carbocycles. The number of hydrogen-bond donors (Lipinski definition) is 1. The first kappa shape index (κ1) is 10.3. The number of rotatable bonds is 1. The summed E-state index contributed by atoms with van der Waals surface area (Å²) in [5, 5.41) is 10.2. The Morgan fingerprint density at radius 2 is 1.81 bits per heavy atom. The SMILES string of the molecule is O[C@@H]1Cc2ccccc2[C@@H]1N1CCCCC1. The quantitative estimate of drug-likeness (QED) is 0.779. The largest absolute Gasteiger partial charge is 0.391 e. The first-order valence-electron chi connectivity index (χ1n) is 6.36. The molecule has 2 heteroatoms. The number of benzene rings is 1. The van der Waals surface area contributed by atoms with E-state index in [9.17, 15) is 5.11 Å². The van der Waals surface area contributed by atoms with Crippen LogP contribution < -0.4 is 0 Å². The van der Waals surface area contributed by atoms with Crippen molar-refractivity contribution in [3.8, 4) is 0 Å². The molecule has 3 rings (SSSR count). The van der Waals surface area contributed by atoms with Crippen LogP contribution in [0.15, 0.2) is 24.3 Å². The van der Waals surface area contributed by atoms with E-state index in [2.05, 4.69) is 29.2 Å². The van der Waals surface area contributed by atoms with E-state index in [0.29, 0.717) is 0 Å². The Morgan fingerprint density at radius 1 is 1.06 bits per heavy atom. The summed E-state index contributed by atoms with van der Waals surface area (Å²) in [6.45, 7) is 2.30. The monoisotopic (exact) mass is 217 g/mol. The Kier molecular flexibility index (Phi) is 2.70. The maximum absolute atomic E-state index is 10.2. The maximum Gasteiger partial charge on any atom is 0.0777 e. The van der Waals surface area contributed by atoms with Gasteiger partial charge in [0.2, 0.25) is 0 Å². The number of likely N-dealkylation sites (tertiary alicyclic amines) is 1. The van der Waals surface area contributed by atoms with E-state index in [-0.39, 0.29) is 12.1 Å². The molecule has 0 saturated carbocycles. The Labute approximate surface area is 96.9 Å². The van der Waals surface area contributed by atoms with Crippen LogP contribution in [-0.2, 0) is 6.42 Å². The van der Waals surface area contributed by atoms with E-state index in [1.165, 1.54) is 30.4 Å². The molecular formula is C14H19NO. The highest BCUT2D eigenvalue weighted by molar-refractivity contribution is 5.36. The molecule has 2 aliphatic rings. The molecule has 86 valence electrons. The second-order valence-electron chi connectivity index (χ2n) is 5.01. The highest BCUT2D eigenvalue weighted by atomic mass is 16.3. The first-order valence-corrected chi connectivity index (χ1v) is 6.36. The van der Waals surface area contributed by atoms with Gasteiger partial charge in [-0.1, -0.05) is 30.7 Å². The third kappa shape index (κ3) is 1.66. The van der Waals surface area contributed by atoms with Crippen molar-refractivity contribution in [2.24, 2.45) is 0 Å². The van der Waals surface area contributed by atoms with Crippen LogP contribution in [0.25, 0.3) is 0 Å². The van der Waals surface area contributed by atoms with Crippen LogP contribution in [0.4, 0.5) is 0 Å². The molecule has 16 heavy (non-hydrogen) atoms. The molecule has 1 N–H and O–H groups in total. The van der Waals surface area contributed by atoms with Gasteiger partial charge in [0.1, 0.15) is 0 Å². The van der Waals surface area contributed by atoms with Gasteiger partial charge in [-0.15, -0.1) is 0 Å². The van der Waals surface area contributed by atoms with Gasteiger partial charge < -0.3 is 5.11 Å². The van der Waals surface area contributed by atoms with E-state index in [0.717, 1.165) is 19.5 Å². The molecule has 2 atom stereocenters. The van der Waals surface area contributed by atoms with Crippen molar-refractivity contribution in [2.45, 2.75) is 37.8 Å². The molecule has 1 aliphatic heterocycles. The topological polar surface area (TPSA) is 23.5 Å². The molecule has 0 amide bonds. The summed E-state index contributed by atoms with van der Waals surface area (Å²) in [5.41, 5.74) is 2.70. The zero-order valence-electron chi connectivity index (χ0n) is 9.60. The van der Waals surface area contributed by atoms with Gasteiger partial charge in [0, 0.05) is 6.42 Å². The van der Waals surface area contributed by atoms with Crippen molar-refractivity contribution < 1.29 is 5.11 Å². The number of aliphatic hydroxyl groups excluding tert-OH is 1. The van der Waals surface area contributed by atoms with Gasteiger partial charge in [0.15, 0.2) is 0 Å². The normalized spacial score (nSPS) is 30.3. The van der Waals surface area contributed by atoms with Crippen molar-refractivity contribution in [3.05, 3.63) is 35.4 Å². The van der Waals surface area contributed by atoms with Crippen LogP contribution in [0.5, 0.6) is 0 Å². The van der Waals surface area contributed by atoms with E-state index in [1.807, 2.05) is 0 Å². The fraction of sp³-hybridized carbons (Fsp3) is 0.571. The van der Waals surface area contributed by atoms with Crippen molar-refractivity contribution in [1.82, 2.24) is 4.90 Å². The Balaban J connectivity index is 1.89. The Hall–Kier alpha value is -0.860. The molecule has 1 aromatic carbocycles. The lowest BCUT2D eigenvalue weighted by Gasteiger charge is -2.34. The zero-order valence-corrected chi connectivity index (χ0v) is 9.60. The number of aliphatic hydroxyl groups is 1. The molecule has 0 aromatic heterocycles. The molecule has 0 unspecified atom stereocenters. The molecule has 1 aromatic rings. The molecule has 0 spiro atoms. The van der Waals surface area contributed by atoms with Gasteiger partial charge in [-0.05, 0) is 37.1 Å². The first-order chi connectivity index (χ1) is 7.86. The summed E-state index contributed by atoms with van der Waals surface area (Å²) in [6.07, 6.45) is 4.55. The molecule has 1 fully saturated rings. The standard InChI is InChI=1S/C14H19NO/c16-13-10-11-6-2-3-7-12(11)14(13)15-8-4-1-5-9-15/h2-3,6-7,13-14,16H,1,4-5,8-10H2/t13-,14+/m1/s1. The van der Waals surface area contributed by atoms with Gasteiger partial charge in [-0.2, -0.15) is 0 Å². The number of hydrogen-bond acceptors (Lipinski definition) is 2. The van der Waals surface area contributed by atoms with Crippen LogP contribution in [0.3, 0.4) is 0 Å². The van der Waals surface area contributed by atoms with Crippen LogP contribution >= 0.6 is 0 Å². The summed E-state index contributed by atoms with van der Waals surface area (Å²) in [6, 6.07) is 8.77. The van der Waals surface area contributed by atoms with E-state index in [4.69, 9.17) is 0 Å². The highest BCUT2D eigenvalue weighted by Crippen LogP contribution is 2.37. The minimum absolute atomic E-state index is 0.199. The summed E-state index contributed by atoms with van der Waals surface area (Å²) >= 11 is 0. The molecule has 0 bridgehead atoms. The lowest BCUT2D eigenvalue weighted by atomic mass is 10.0. The second-order valence-corrected chi connectivity index (χ2v) is 5.01. The van der Waals surface area contributed by atoms with Gasteiger partial charge in [-0.25, -0.2) is 0 Å². The third-order valence-electron chi connectivity index (χ3n) is 3.95. The number of piperidine rings is 1. The lowest BCUT2D eigenvalue weighted by Crippen LogP contribution is -2.37. The predicted octanol–water partition coefficient (Wildman–Crippen LogP) is 2.13. The predicted molar refractivity (Wildman–Crippen MR) is 64.3 cm³/mol. The number of fused-ring (bicyclic) bond motifs is 1. The van der Waals surface area contributed by atoms with E-state index >= 15 is 0 Å². The lowest BCUT2D eigenvalue weighted by molar-refractivity contribution is 0.0496. The molecule has 2 nitrogen and oxygen atoms in total. The summed E-state index contributed by atoms with van der Waals surface area (Å²) in [4.78, 5) is 2.47. The third-order valence-corrected chi connectivity index (χ3v) is 3.95. The maximum atomic E-state index is 10.2. The fourth-order valence-electron chi connectivity index (χ4n) is 3.19. The Bertz CT molecular complexity index is 371. The molecular weight excluding hydrogens is 198 g/mol. The molecule has 1 saturated heterocycles. The highest BCUT2D eigenvalue weighted by Gasteiger charge is 2.35. The van der Waals surface area contributed by atoms with E-state index < -0.39 is 0 Å². The van der Waals surface area contributed by atoms with E-state index in [1.54, 1.807) is 0 Å². The van der Waals surface area contributed by atoms with Crippen LogP contribution in [0, 0.1) is 0 Å². The van der Waals surface area contributed by atoms with Gasteiger partial charge in [0.25, 0.3) is 0 Å². The average Bonchev–Trinajstić information content (AvgIpc) is 2.66. The smallest absolute Gasteiger partial charge is 0.0777 e. The number of nitrogens with zero attached hydrogens (tertiary/aromatic N) is 1. The van der Waals surface area contributed by atoms with Gasteiger partial charge in [0.05, 0.1) is 12.1 Å². The van der Waals surface area contributed by atoms with Crippen molar-refractivity contribution in [2.75, 3.05) is 13.1 Å². The Morgan fingerprint density at radius 3 is 2.62 bits per heavy atom. The van der Waals surface area contributed by atoms with Crippen LogP contribution in [0.2, 0.25) is 0 Å². The molecule has 1 heterocycles. The minimum atomic E-state index is -0.199. The summed E-state index contributed by atoms with van der Waals surface area (Å²) < 4.78 is 0. The van der Waals surface area contributed by atoms with Crippen LogP contribution in [0.1, 0.15) is 36.4 Å². The summed E-state index contributed by atoms with van der Waals surface area (Å²) in [7, 11) is 0. The van der Waals surface area contributed by atoms with Crippen molar-refractivity contribution in [3.63, 3.8) is 0 Å². The summed E-state index contributed by atoms with van der Waals surface area (Å²) in [5.74, 6) is 0. The van der Waals surface area contributed by atoms with Crippen molar-refractivity contribution >= 4 is 0 Å². The minimum Gasteiger partial charge on any atom is -0.391 e. The average molecular weight is 217 g/mol. The van der Waals surface area contributed by atoms with Gasteiger partial charge in [-0.3, -0.25) is 4.90 Å². The fourth-order valence-corrected chi connectivity index (χ4v) is 3.19. The molecule has 0 radical (unpaired) electrons. The van der Waals surface area contributed by atoms with Crippen molar-refractivity contribution in [1.29, 1.82) is 0 Å². The van der Waals surface area contributed by atoms with Crippen LogP contribution in [-0.4, -0.2) is 29.2 Å². The zero-order chi connectivity index (χ0) is 11.0. The van der Waals surface area contributed by atoms with Gasteiger partial charge >= 0.3 is 0 Å². The second kappa shape index (κ2) is 4.19.